The molecule has 538 valence electrons. The second kappa shape index (κ2) is 27.6. The van der Waals surface area contributed by atoms with Crippen LogP contribution < -0.4 is 0 Å². The first-order valence-electron chi connectivity index (χ1n) is 39.0. The molecule has 116 heavy (non-hydrogen) atoms. The molecule has 22 rings (SSSR count). The molecule has 0 amide bonds. The van der Waals surface area contributed by atoms with E-state index in [0.717, 1.165) is 142 Å². The first-order valence-corrected chi connectivity index (χ1v) is 40.6. The number of aromatic nitrogens is 4. The maximum Gasteiger partial charge on any atom is 0.160 e. The fourth-order valence-corrected chi connectivity index (χ4v) is 21.4. The third-order valence-electron chi connectivity index (χ3n) is 23.7. The summed E-state index contributed by atoms with van der Waals surface area (Å²) in [7, 11) is 0. The molecule has 0 saturated heterocycles. The highest BCUT2D eigenvalue weighted by molar-refractivity contribution is 8.00. The summed E-state index contributed by atoms with van der Waals surface area (Å²) in [5.41, 5.74) is 34.0. The van der Waals surface area contributed by atoms with E-state index in [2.05, 4.69) is 364 Å². The van der Waals surface area contributed by atoms with Gasteiger partial charge in [0.2, 0.25) is 0 Å². The molecule has 6 nitrogen and oxygen atoms in total. The van der Waals surface area contributed by atoms with Gasteiger partial charge in [0.05, 0.1) is 44.7 Å². The molecular weight excluding hydrogens is 1450 g/mol. The molecule has 2 spiro atoms. The van der Waals surface area contributed by atoms with Crippen molar-refractivity contribution in [1.29, 1.82) is 10.5 Å². The lowest BCUT2D eigenvalue weighted by Crippen LogP contribution is -2.32. The average Bonchev–Trinajstić information content (AvgIpc) is 1.49. The first-order chi connectivity index (χ1) is 57.4. The van der Waals surface area contributed by atoms with Gasteiger partial charge in [0.25, 0.3) is 0 Å². The van der Waals surface area contributed by atoms with Crippen LogP contribution >= 0.6 is 23.5 Å². The molecule has 8 heteroatoms. The van der Waals surface area contributed by atoms with Gasteiger partial charge < -0.3 is 0 Å². The van der Waals surface area contributed by atoms with Gasteiger partial charge in [-0.25, -0.2) is 19.9 Å². The fourth-order valence-electron chi connectivity index (χ4n) is 18.6. The number of hydrogen-bond donors (Lipinski definition) is 0. The molecule has 0 fully saturated rings. The Hall–Kier alpha value is -14.6. The lowest BCUT2D eigenvalue weighted by atomic mass is 9.66. The number of fused-ring (bicyclic) bond motifs is 18. The molecule has 0 unspecified atom stereocenters. The Morgan fingerprint density at radius 2 is 0.440 bits per heavy atom. The second-order valence-corrected chi connectivity index (χ2v) is 32.0. The Morgan fingerprint density at radius 1 is 0.190 bits per heavy atom. The van der Waals surface area contributed by atoms with Crippen LogP contribution in [0.3, 0.4) is 0 Å². The van der Waals surface area contributed by atoms with Gasteiger partial charge in [0, 0.05) is 53.0 Å². The van der Waals surface area contributed by atoms with Gasteiger partial charge >= 0.3 is 0 Å². The highest BCUT2D eigenvalue weighted by atomic mass is 32.2. The molecule has 2 aliphatic carbocycles. The molecule has 18 aromatic rings. The van der Waals surface area contributed by atoms with Crippen molar-refractivity contribution in [3.05, 3.63) is 444 Å². The van der Waals surface area contributed by atoms with Crippen molar-refractivity contribution in [2.45, 2.75) is 30.4 Å². The van der Waals surface area contributed by atoms with Crippen molar-refractivity contribution in [3.8, 4) is 158 Å². The van der Waals surface area contributed by atoms with Crippen molar-refractivity contribution in [3.63, 3.8) is 0 Å². The fraction of sp³-hybridized carbons (Fsp3) is 0.0185. The molecule has 0 N–H and O–H groups in total. The SMILES string of the molecule is N#Cc1cccc2c1Sc1c(-c3cccc(-c4cccc(-c5nc(-c6ccccc6)cc(-c6cccc(-c7cccc(-c8cc(-c9ccc(-c%10ccccc%10)cc9)nc(-c9cccc(-c%10cccc%11c%10Sc%10c(C#N)cccc%10C%11%10c%11ccccc%11-c%11ccccc%11%10)c9)n8)c7)c6)n5)c4)c3)cccc1C21c2ccccc2-c2ccccc21. The van der Waals surface area contributed by atoms with E-state index in [4.69, 9.17) is 19.9 Å². The van der Waals surface area contributed by atoms with Crippen molar-refractivity contribution in [2.24, 2.45) is 0 Å². The summed E-state index contributed by atoms with van der Waals surface area (Å²) in [6.07, 6.45) is 0. The predicted molar refractivity (Wildman–Crippen MR) is 470 cm³/mol. The largest absolute Gasteiger partial charge is 0.228 e. The van der Waals surface area contributed by atoms with E-state index >= 15 is 0 Å². The predicted octanol–water partition coefficient (Wildman–Crippen LogP) is 27.0. The topological polar surface area (TPSA) is 99.1 Å². The standard InChI is InChI=1S/C108H64N6S2/c109-65-81-38-20-50-93-101(81)115-103-83(44-22-52-95(103)107(93)89-46-11-7-40-85(89)86-41-8-12-47-90(86)107)75-32-15-28-71(58-75)74-31-18-36-79(61-74)105-111-97(69-26-5-2-6-27-69)63-99(113-105)77-34-16-29-72(59-77)73-30-17-35-78(60-73)100-64-98(70-56-54-68(55-57-70)67-24-3-1-4-25-67)112-106(114-100)80-37-19-33-76(62-80)84-45-23-53-96-104(84)116-102-82(66-110)39-21-51-94(102)108(96)91-48-13-9-42-87(91)88-43-10-14-49-92(88)108/h1-64H. The second-order valence-electron chi connectivity index (χ2n) is 30.0. The quantitative estimate of drug-likeness (QED) is 0.126. The minimum absolute atomic E-state index is 0.598. The monoisotopic (exact) mass is 1510 g/mol. The van der Waals surface area contributed by atoms with Crippen LogP contribution in [0.5, 0.6) is 0 Å². The summed E-state index contributed by atoms with van der Waals surface area (Å²) in [5.74, 6) is 1.21. The zero-order valence-electron chi connectivity index (χ0n) is 62.5. The van der Waals surface area contributed by atoms with E-state index in [0.29, 0.717) is 22.8 Å². The van der Waals surface area contributed by atoms with Gasteiger partial charge in [0.1, 0.15) is 12.1 Å². The number of nitrogens with zero attached hydrogens (tertiary/aromatic N) is 6. The van der Waals surface area contributed by atoms with Gasteiger partial charge in [0.15, 0.2) is 11.6 Å². The lowest BCUT2D eigenvalue weighted by molar-refractivity contribution is 0.722. The van der Waals surface area contributed by atoms with Crippen LogP contribution in [0, 0.1) is 22.7 Å². The maximum absolute atomic E-state index is 10.9. The third-order valence-corrected chi connectivity index (χ3v) is 26.3. The molecule has 0 saturated carbocycles. The van der Waals surface area contributed by atoms with Crippen molar-refractivity contribution in [2.75, 3.05) is 0 Å². The van der Waals surface area contributed by atoms with Crippen LogP contribution in [0.4, 0.5) is 0 Å². The summed E-state index contributed by atoms with van der Waals surface area (Å²) < 4.78 is 0. The van der Waals surface area contributed by atoms with E-state index in [-0.39, 0.29) is 0 Å². The normalized spacial score (nSPS) is 13.1. The number of benzene rings is 16. The maximum atomic E-state index is 10.9. The van der Waals surface area contributed by atoms with Crippen LogP contribution in [-0.4, -0.2) is 19.9 Å². The van der Waals surface area contributed by atoms with Gasteiger partial charge in [-0.05, 0) is 177 Å². The highest BCUT2D eigenvalue weighted by Crippen LogP contribution is 2.66. The zero-order chi connectivity index (χ0) is 77.0. The van der Waals surface area contributed by atoms with E-state index in [1.54, 1.807) is 23.5 Å². The Labute approximate surface area is 681 Å². The highest BCUT2D eigenvalue weighted by Gasteiger charge is 2.53. The molecule has 0 radical (unpaired) electrons. The Bertz CT molecular complexity index is 7100. The summed E-state index contributed by atoms with van der Waals surface area (Å²) in [6.45, 7) is 0. The molecule has 2 aromatic heterocycles. The summed E-state index contributed by atoms with van der Waals surface area (Å²) in [4.78, 5) is 26.1. The molecule has 16 aromatic carbocycles. The Balaban J connectivity index is 0.621. The van der Waals surface area contributed by atoms with Crippen LogP contribution in [0.2, 0.25) is 0 Å². The smallest absolute Gasteiger partial charge is 0.160 e. The van der Waals surface area contributed by atoms with Crippen molar-refractivity contribution in [1.82, 2.24) is 19.9 Å². The summed E-state index contributed by atoms with van der Waals surface area (Å²) in [5, 5.41) is 21.6. The van der Waals surface area contributed by atoms with Gasteiger partial charge in [-0.15, -0.1) is 0 Å². The van der Waals surface area contributed by atoms with E-state index in [1.807, 2.05) is 36.4 Å². The summed E-state index contributed by atoms with van der Waals surface area (Å²) >= 11 is 3.42. The lowest BCUT2D eigenvalue weighted by Gasteiger charge is -2.40. The van der Waals surface area contributed by atoms with Crippen LogP contribution in [0.25, 0.3) is 146 Å². The molecule has 2 aliphatic heterocycles. The molecular formula is C108H64N6S2. The minimum Gasteiger partial charge on any atom is -0.228 e. The first kappa shape index (κ1) is 68.2. The average molecular weight is 1510 g/mol. The van der Waals surface area contributed by atoms with Crippen LogP contribution in [0.1, 0.15) is 55.6 Å². The third kappa shape index (κ3) is 10.9. The zero-order valence-corrected chi connectivity index (χ0v) is 64.1. The minimum atomic E-state index is -0.658. The number of rotatable bonds is 11. The molecule has 4 heterocycles. The summed E-state index contributed by atoms with van der Waals surface area (Å²) in [6, 6.07) is 144. The van der Waals surface area contributed by atoms with E-state index in [1.165, 1.54) is 55.6 Å². The van der Waals surface area contributed by atoms with Crippen LogP contribution in [-0.2, 0) is 10.8 Å². The van der Waals surface area contributed by atoms with Crippen LogP contribution in [0.15, 0.2) is 408 Å². The van der Waals surface area contributed by atoms with E-state index < -0.39 is 10.8 Å². The Kier molecular flexibility index (Phi) is 16.2. The van der Waals surface area contributed by atoms with E-state index in [9.17, 15) is 10.5 Å². The van der Waals surface area contributed by atoms with Gasteiger partial charge in [-0.2, -0.15) is 10.5 Å². The Morgan fingerprint density at radius 3 is 0.845 bits per heavy atom. The van der Waals surface area contributed by atoms with Crippen molar-refractivity contribution < 1.29 is 0 Å². The van der Waals surface area contributed by atoms with Gasteiger partial charge in [-0.3, -0.25) is 0 Å². The molecule has 4 aliphatic rings. The number of nitriles is 2. The van der Waals surface area contributed by atoms with Gasteiger partial charge in [-0.1, -0.05) is 357 Å². The van der Waals surface area contributed by atoms with Crippen molar-refractivity contribution >= 4 is 23.5 Å². The molecule has 0 bridgehead atoms. The number of hydrogen-bond acceptors (Lipinski definition) is 8. The molecule has 0 atom stereocenters.